The second-order valence-corrected chi connectivity index (χ2v) is 19.5. The van der Waals surface area contributed by atoms with Crippen molar-refractivity contribution in [2.75, 3.05) is 18.5 Å². The van der Waals surface area contributed by atoms with Gasteiger partial charge in [-0.05, 0) is 122 Å². The number of anilines is 1. The molecule has 4 N–H and O–H groups in total. The van der Waals surface area contributed by atoms with Gasteiger partial charge in [-0.25, -0.2) is 0 Å². The van der Waals surface area contributed by atoms with Crippen LogP contribution in [0.2, 0.25) is 10.0 Å². The molecule has 0 heterocycles. The largest absolute Gasteiger partial charge is 2.00 e. The second kappa shape index (κ2) is 24.7. The zero-order valence-electron chi connectivity index (χ0n) is 40.1. The molecule has 0 fully saturated rings. The fourth-order valence-electron chi connectivity index (χ4n) is 7.24. The van der Waals surface area contributed by atoms with E-state index in [2.05, 4.69) is 30.8 Å². The number of carbonyl (C=O) groups is 1. The molecular formula is C52H42CaCl2N6O12S2. The Bertz CT molecular complexity index is 3830. The SMILES string of the molecule is CCOc1cccc(N=C([O-])c2cc3ccccc3c(N=Nc3cc(Cl)c(C)cc3S(=O)(=O)O)c2[O-])c1.CCOc1cccc(NC(=O)c2cc3ccccc3c(N=Nc3cc(Cl)c(C)cc3S(=O)(=O)O)c2O)c1.[Ca+2]. The summed E-state index contributed by atoms with van der Waals surface area (Å²) >= 11 is 12.2. The fraction of sp³-hybridized carbons (Fsp3) is 0.115. The van der Waals surface area contributed by atoms with Crippen LogP contribution in [0.4, 0.5) is 34.1 Å². The van der Waals surface area contributed by atoms with Gasteiger partial charge < -0.3 is 30.1 Å². The Morgan fingerprint density at radius 2 is 1.11 bits per heavy atom. The molecule has 0 aliphatic carbocycles. The van der Waals surface area contributed by atoms with E-state index in [1.807, 2.05) is 13.8 Å². The summed E-state index contributed by atoms with van der Waals surface area (Å²) in [5, 5.41) is 58.5. The predicted octanol–water partition coefficient (Wildman–Crippen LogP) is 11.8. The number of rotatable bonds is 14. The van der Waals surface area contributed by atoms with Gasteiger partial charge in [-0.2, -0.15) is 21.9 Å². The van der Waals surface area contributed by atoms with Gasteiger partial charge in [0.1, 0.15) is 38.4 Å². The van der Waals surface area contributed by atoms with Crippen LogP contribution in [0, 0.1) is 13.8 Å². The molecule has 380 valence electrons. The molecule has 0 bridgehead atoms. The summed E-state index contributed by atoms with van der Waals surface area (Å²) in [5.74, 6) is -1.51. The molecule has 0 aliphatic heterocycles. The van der Waals surface area contributed by atoms with Gasteiger partial charge in [0.05, 0.1) is 30.2 Å². The predicted molar refractivity (Wildman–Crippen MR) is 284 cm³/mol. The molecule has 75 heavy (non-hydrogen) atoms. The van der Waals surface area contributed by atoms with E-state index >= 15 is 0 Å². The van der Waals surface area contributed by atoms with Crippen LogP contribution in [-0.4, -0.2) is 93.8 Å². The zero-order valence-corrected chi connectivity index (χ0v) is 45.5. The molecule has 8 aromatic carbocycles. The third-order valence-electron chi connectivity index (χ3n) is 10.8. The first kappa shape index (κ1) is 57.6. The standard InChI is InChI=1S/2C26H22ClN3O6S.Ca/c2*1-3-36-18-9-6-8-17(13-18)28-26(32)20-12-16-7-4-5-10-19(16)24(25(20)31)30-29-22-14-21(27)15(2)11-23(22)37(33,34)35;/h2*4-14,31H,3H2,1-2H3,(H,28,32)(H,33,34,35);/q;;+2/p-2. The number of ether oxygens (including phenoxy) is 2. The number of azo groups is 2. The van der Waals surface area contributed by atoms with Gasteiger partial charge in [-0.3, -0.25) is 18.9 Å². The zero-order chi connectivity index (χ0) is 53.5. The summed E-state index contributed by atoms with van der Waals surface area (Å²) in [6.07, 6.45) is 0. The number of fused-ring (bicyclic) bond motifs is 2. The number of benzene rings is 8. The average molecular weight is 1120 g/mol. The average Bonchev–Trinajstić information content (AvgIpc) is 3.35. The van der Waals surface area contributed by atoms with E-state index in [0.717, 1.165) is 6.07 Å². The van der Waals surface area contributed by atoms with Crippen molar-refractivity contribution in [2.45, 2.75) is 37.5 Å². The molecule has 0 atom stereocenters. The minimum Gasteiger partial charge on any atom is -0.871 e. The molecule has 1 amide bonds. The van der Waals surface area contributed by atoms with Crippen molar-refractivity contribution in [1.29, 1.82) is 0 Å². The normalized spacial score (nSPS) is 11.9. The molecule has 23 heteroatoms. The summed E-state index contributed by atoms with van der Waals surface area (Å²) in [6, 6.07) is 34.7. The molecule has 0 aliphatic rings. The summed E-state index contributed by atoms with van der Waals surface area (Å²) in [4.78, 5) is 16.2. The number of aromatic hydroxyl groups is 1. The van der Waals surface area contributed by atoms with E-state index in [0.29, 0.717) is 68.8 Å². The fourth-order valence-corrected chi connectivity index (χ4v) is 8.94. The Hall–Kier alpha value is -6.72. The number of nitrogens with zero attached hydrogens (tertiary/aromatic N) is 5. The van der Waals surface area contributed by atoms with Crippen molar-refractivity contribution in [3.63, 3.8) is 0 Å². The minimum absolute atomic E-state index is 0. The molecular weight excluding hydrogens is 1080 g/mol. The van der Waals surface area contributed by atoms with E-state index in [1.165, 1.54) is 30.3 Å². The summed E-state index contributed by atoms with van der Waals surface area (Å²) in [6.45, 7) is 7.70. The minimum atomic E-state index is -4.66. The Labute approximate surface area is 470 Å². The van der Waals surface area contributed by atoms with E-state index in [9.17, 15) is 46.1 Å². The third-order valence-corrected chi connectivity index (χ3v) is 13.3. The Kier molecular flexibility index (Phi) is 19.0. The molecule has 8 aromatic rings. The van der Waals surface area contributed by atoms with Gasteiger partial charge in [0.15, 0.2) is 5.75 Å². The number of carbonyl (C=O) groups excluding carboxylic acids is 1. The Balaban J connectivity index is 0.000000241. The van der Waals surface area contributed by atoms with Crippen molar-refractivity contribution >= 4 is 149 Å². The summed E-state index contributed by atoms with van der Waals surface area (Å²) < 4.78 is 77.7. The van der Waals surface area contributed by atoms with Crippen LogP contribution in [-0.2, 0) is 20.2 Å². The first-order valence-corrected chi connectivity index (χ1v) is 25.7. The maximum atomic E-state index is 13.4. The number of aryl methyl sites for hydroxylation is 2. The maximum absolute atomic E-state index is 13.4. The van der Waals surface area contributed by atoms with E-state index < -0.39 is 53.3 Å². The number of nitrogens with one attached hydrogen (secondary N) is 1. The van der Waals surface area contributed by atoms with E-state index in [4.69, 9.17) is 32.7 Å². The molecule has 0 radical (unpaired) electrons. The van der Waals surface area contributed by atoms with E-state index in [-0.39, 0.29) is 81.7 Å². The molecule has 0 unspecified atom stereocenters. The molecule has 0 spiro atoms. The summed E-state index contributed by atoms with van der Waals surface area (Å²) in [5.41, 5.74) is 0.483. The van der Waals surface area contributed by atoms with Crippen LogP contribution < -0.4 is 25.0 Å². The maximum Gasteiger partial charge on any atom is 2.00 e. The van der Waals surface area contributed by atoms with Crippen LogP contribution in [0.15, 0.2) is 169 Å². The first-order chi connectivity index (χ1) is 35.2. The smallest absolute Gasteiger partial charge is 0.871 e. The number of aliphatic imine (C=N–C) groups is 1. The van der Waals surface area contributed by atoms with Gasteiger partial charge in [0, 0.05) is 38.6 Å². The molecule has 8 rings (SSSR count). The van der Waals surface area contributed by atoms with Gasteiger partial charge in [0.2, 0.25) is 0 Å². The van der Waals surface area contributed by atoms with Crippen LogP contribution in [0.5, 0.6) is 23.0 Å². The molecule has 0 aromatic heterocycles. The Morgan fingerprint density at radius 1 is 0.627 bits per heavy atom. The molecule has 0 saturated heterocycles. The third kappa shape index (κ3) is 14.0. The number of hydrogen-bond acceptors (Lipinski definition) is 15. The van der Waals surface area contributed by atoms with Gasteiger partial charge >= 0.3 is 37.7 Å². The van der Waals surface area contributed by atoms with Crippen molar-refractivity contribution in [2.24, 2.45) is 25.4 Å². The number of hydrogen-bond donors (Lipinski definition) is 4. The second-order valence-electron chi connectivity index (χ2n) is 15.9. The van der Waals surface area contributed by atoms with E-state index in [1.54, 1.807) is 111 Å². The van der Waals surface area contributed by atoms with Crippen LogP contribution in [0.25, 0.3) is 21.5 Å². The molecule has 18 nitrogen and oxygen atoms in total. The van der Waals surface area contributed by atoms with Crippen LogP contribution in [0.3, 0.4) is 0 Å². The van der Waals surface area contributed by atoms with Crippen molar-refractivity contribution in [1.82, 2.24) is 0 Å². The topological polar surface area (TPSA) is 284 Å². The van der Waals surface area contributed by atoms with Crippen LogP contribution in [0.1, 0.15) is 40.9 Å². The monoisotopic (exact) mass is 1120 g/mol. The van der Waals surface area contributed by atoms with Crippen LogP contribution >= 0.6 is 23.2 Å². The van der Waals surface area contributed by atoms with Crippen molar-refractivity contribution < 1.29 is 55.5 Å². The summed E-state index contributed by atoms with van der Waals surface area (Å²) in [7, 11) is -9.31. The van der Waals surface area contributed by atoms with Gasteiger partial charge in [-0.15, -0.1) is 15.3 Å². The van der Waals surface area contributed by atoms with Gasteiger partial charge in [-0.1, -0.05) is 89.6 Å². The number of amides is 1. The van der Waals surface area contributed by atoms with Crippen molar-refractivity contribution in [3.05, 3.63) is 166 Å². The Morgan fingerprint density at radius 3 is 1.64 bits per heavy atom. The van der Waals surface area contributed by atoms with Gasteiger partial charge in [0.25, 0.3) is 26.1 Å². The van der Waals surface area contributed by atoms with Crippen molar-refractivity contribution in [3.8, 4) is 23.0 Å². The molecule has 0 saturated carbocycles. The number of phenols is 1. The first-order valence-electron chi connectivity index (χ1n) is 22.1. The quantitative estimate of drug-likeness (QED) is 0.0260. The number of halogens is 2. The number of phenolic OH excluding ortho intramolecular Hbond substituents is 1.